The maximum atomic E-state index is 12.8. The van der Waals surface area contributed by atoms with Crippen LogP contribution < -0.4 is 21.7 Å². The van der Waals surface area contributed by atoms with Gasteiger partial charge in [0, 0.05) is 25.2 Å². The number of anilines is 2. The molecule has 1 aliphatic heterocycles. The molecule has 2 aromatic rings. The van der Waals surface area contributed by atoms with E-state index in [1.165, 1.54) is 6.20 Å². The van der Waals surface area contributed by atoms with Crippen molar-refractivity contribution in [1.82, 2.24) is 15.6 Å². The molecule has 0 radical (unpaired) electrons. The Morgan fingerprint density at radius 2 is 1.97 bits per heavy atom. The van der Waals surface area contributed by atoms with E-state index in [2.05, 4.69) is 20.9 Å². The van der Waals surface area contributed by atoms with Crippen molar-refractivity contribution in [2.24, 2.45) is 5.92 Å². The molecule has 2 amide bonds. The van der Waals surface area contributed by atoms with Crippen LogP contribution in [-0.4, -0.2) is 36.2 Å². The highest BCUT2D eigenvalue weighted by molar-refractivity contribution is 6.46. The topological polar surface area (TPSA) is 126 Å². The number of pyridine rings is 1. The Hall–Kier alpha value is -3.26. The molecular formula is C21H25N5O3. The second-order valence-electron chi connectivity index (χ2n) is 7.15. The van der Waals surface area contributed by atoms with Crippen molar-refractivity contribution < 1.29 is 14.4 Å². The summed E-state index contributed by atoms with van der Waals surface area (Å²) in [5.74, 6) is -1.07. The summed E-state index contributed by atoms with van der Waals surface area (Å²) in [6, 6.07) is 8.63. The van der Waals surface area contributed by atoms with Crippen molar-refractivity contribution in [3.63, 3.8) is 0 Å². The van der Waals surface area contributed by atoms with E-state index < -0.39 is 11.7 Å². The summed E-state index contributed by atoms with van der Waals surface area (Å²) in [5, 5.41) is 8.58. The normalized spacial score (nSPS) is 18.7. The number of rotatable bonds is 5. The van der Waals surface area contributed by atoms with E-state index in [-0.39, 0.29) is 17.9 Å². The Bertz CT molecular complexity index is 936. The first-order valence-electron chi connectivity index (χ1n) is 9.52. The number of piperidine rings is 1. The molecule has 1 saturated heterocycles. The fourth-order valence-corrected chi connectivity index (χ4v) is 3.52. The van der Waals surface area contributed by atoms with Gasteiger partial charge in [-0.2, -0.15) is 0 Å². The monoisotopic (exact) mass is 395 g/mol. The molecule has 1 fully saturated rings. The highest BCUT2D eigenvalue weighted by Gasteiger charge is 2.29. The minimum atomic E-state index is -0.734. The maximum Gasteiger partial charge on any atom is 0.296 e. The average Bonchev–Trinajstić information content (AvgIpc) is 2.75. The molecule has 8 heteroatoms. The van der Waals surface area contributed by atoms with E-state index in [0.717, 1.165) is 5.56 Å². The number of amides is 2. The van der Waals surface area contributed by atoms with Crippen molar-refractivity contribution in [2.45, 2.75) is 25.8 Å². The van der Waals surface area contributed by atoms with E-state index in [0.29, 0.717) is 42.0 Å². The molecule has 0 bridgehead atoms. The fourth-order valence-electron chi connectivity index (χ4n) is 3.52. The third-order valence-electron chi connectivity index (χ3n) is 5.20. The largest absolute Gasteiger partial charge is 0.383 e. The van der Waals surface area contributed by atoms with E-state index in [1.807, 2.05) is 12.1 Å². The van der Waals surface area contributed by atoms with Gasteiger partial charge in [-0.1, -0.05) is 24.3 Å². The Balaban J connectivity index is 1.74. The number of hydrogen-bond donors (Lipinski definition) is 4. The van der Waals surface area contributed by atoms with Crippen LogP contribution in [-0.2, 0) is 9.59 Å². The first-order valence-corrected chi connectivity index (χ1v) is 9.52. The molecule has 2 atom stereocenters. The molecule has 8 nitrogen and oxygen atoms in total. The van der Waals surface area contributed by atoms with Gasteiger partial charge in [-0.25, -0.2) is 4.98 Å². The Morgan fingerprint density at radius 1 is 1.21 bits per heavy atom. The predicted molar refractivity (Wildman–Crippen MR) is 110 cm³/mol. The quantitative estimate of drug-likeness (QED) is 0.450. The summed E-state index contributed by atoms with van der Waals surface area (Å²) < 4.78 is 0. The smallest absolute Gasteiger partial charge is 0.296 e. The summed E-state index contributed by atoms with van der Waals surface area (Å²) in [7, 11) is 1.62. The van der Waals surface area contributed by atoms with Crippen molar-refractivity contribution in [1.29, 1.82) is 0 Å². The summed E-state index contributed by atoms with van der Waals surface area (Å²) in [6.45, 7) is 2.30. The molecule has 152 valence electrons. The first kappa shape index (κ1) is 20.5. The lowest BCUT2D eigenvalue weighted by Gasteiger charge is -2.30. The van der Waals surface area contributed by atoms with Gasteiger partial charge >= 0.3 is 0 Å². The van der Waals surface area contributed by atoms with Crippen molar-refractivity contribution in [3.05, 3.63) is 53.2 Å². The average molecular weight is 395 g/mol. The van der Waals surface area contributed by atoms with E-state index in [4.69, 9.17) is 5.73 Å². The highest BCUT2D eigenvalue weighted by Crippen LogP contribution is 2.28. The lowest BCUT2D eigenvalue weighted by Crippen LogP contribution is -2.41. The van der Waals surface area contributed by atoms with Crippen LogP contribution in [0.3, 0.4) is 0 Å². The number of ketones is 1. The molecule has 2 heterocycles. The zero-order chi connectivity index (χ0) is 21.0. The van der Waals surface area contributed by atoms with E-state index in [9.17, 15) is 14.4 Å². The Kier molecular flexibility index (Phi) is 6.23. The number of aromatic nitrogens is 1. The van der Waals surface area contributed by atoms with Gasteiger partial charge in [0.25, 0.3) is 11.7 Å². The molecule has 1 aromatic heterocycles. The van der Waals surface area contributed by atoms with E-state index in [1.54, 1.807) is 32.2 Å². The van der Waals surface area contributed by atoms with Crippen molar-refractivity contribution >= 4 is 29.1 Å². The standard InChI is InChI=1S/C21H25N5O3/c1-12-9-14(11-25-19(12)22)26-21(29)18(27)16-6-4-3-5-15(16)17-8-7-13(10-24-17)20(28)23-2/h3-6,9,11,13,17,24H,7-8,10H2,1-2H3,(H2,22,25)(H,23,28)(H,26,29). The minimum Gasteiger partial charge on any atom is -0.383 e. The zero-order valence-electron chi connectivity index (χ0n) is 16.5. The van der Waals surface area contributed by atoms with Crippen LogP contribution in [0, 0.1) is 12.8 Å². The Morgan fingerprint density at radius 3 is 2.62 bits per heavy atom. The number of carbonyl (C=O) groups excluding carboxylic acids is 3. The number of carbonyl (C=O) groups is 3. The number of Topliss-reactive ketones (excluding diaryl/α,β-unsaturated/α-hetero) is 1. The second kappa shape index (κ2) is 8.83. The number of aryl methyl sites for hydroxylation is 1. The minimum absolute atomic E-state index is 0.00656. The molecule has 2 unspecified atom stereocenters. The SMILES string of the molecule is CNC(=O)C1CCC(c2ccccc2C(=O)C(=O)Nc2cnc(N)c(C)c2)NC1. The van der Waals surface area contributed by atoms with Gasteiger partial charge in [0.15, 0.2) is 0 Å². The van der Waals surface area contributed by atoms with Crippen molar-refractivity contribution in [2.75, 3.05) is 24.6 Å². The zero-order valence-corrected chi connectivity index (χ0v) is 16.5. The molecule has 1 aromatic carbocycles. The molecule has 29 heavy (non-hydrogen) atoms. The van der Waals surface area contributed by atoms with Gasteiger partial charge in [-0.15, -0.1) is 0 Å². The summed E-state index contributed by atoms with van der Waals surface area (Å²) in [5.41, 5.74) is 7.92. The third-order valence-corrected chi connectivity index (χ3v) is 5.20. The summed E-state index contributed by atoms with van der Waals surface area (Å²) >= 11 is 0. The third kappa shape index (κ3) is 4.60. The molecule has 0 spiro atoms. The van der Waals surface area contributed by atoms with Gasteiger partial charge in [0.2, 0.25) is 5.91 Å². The molecule has 5 N–H and O–H groups in total. The van der Waals surface area contributed by atoms with E-state index >= 15 is 0 Å². The van der Waals surface area contributed by atoms with Crippen LogP contribution >= 0.6 is 0 Å². The van der Waals surface area contributed by atoms with Crippen LogP contribution in [0.2, 0.25) is 0 Å². The molecule has 1 aliphatic rings. The summed E-state index contributed by atoms with van der Waals surface area (Å²) in [4.78, 5) is 41.2. The number of nitrogens with zero attached hydrogens (tertiary/aromatic N) is 1. The molecule has 0 aliphatic carbocycles. The lowest BCUT2D eigenvalue weighted by atomic mass is 9.87. The maximum absolute atomic E-state index is 12.8. The van der Waals surface area contributed by atoms with Gasteiger partial charge in [0.1, 0.15) is 5.82 Å². The van der Waals surface area contributed by atoms with Gasteiger partial charge < -0.3 is 21.7 Å². The van der Waals surface area contributed by atoms with Gasteiger partial charge in [-0.05, 0) is 37.0 Å². The van der Waals surface area contributed by atoms with Crippen LogP contribution in [0.5, 0.6) is 0 Å². The van der Waals surface area contributed by atoms with Gasteiger partial charge in [0.05, 0.1) is 17.8 Å². The first-order chi connectivity index (χ1) is 13.9. The summed E-state index contributed by atoms with van der Waals surface area (Å²) in [6.07, 6.45) is 2.83. The number of nitrogens with one attached hydrogen (secondary N) is 3. The highest BCUT2D eigenvalue weighted by atomic mass is 16.2. The molecule has 0 saturated carbocycles. The van der Waals surface area contributed by atoms with Crippen LogP contribution in [0.4, 0.5) is 11.5 Å². The van der Waals surface area contributed by atoms with Crippen LogP contribution in [0.25, 0.3) is 0 Å². The fraction of sp³-hybridized carbons (Fsp3) is 0.333. The Labute approximate surface area is 169 Å². The molecule has 3 rings (SSSR count). The van der Waals surface area contributed by atoms with Crippen molar-refractivity contribution in [3.8, 4) is 0 Å². The van der Waals surface area contributed by atoms with Crippen LogP contribution in [0.15, 0.2) is 36.5 Å². The number of benzene rings is 1. The lowest BCUT2D eigenvalue weighted by molar-refractivity contribution is -0.125. The number of nitrogen functional groups attached to an aromatic ring is 1. The van der Waals surface area contributed by atoms with Crippen LogP contribution in [0.1, 0.15) is 40.4 Å². The molecular weight excluding hydrogens is 370 g/mol. The van der Waals surface area contributed by atoms with Gasteiger partial charge in [-0.3, -0.25) is 14.4 Å². The number of nitrogens with two attached hydrogens (primary N) is 1. The second-order valence-corrected chi connectivity index (χ2v) is 7.15. The number of hydrogen-bond acceptors (Lipinski definition) is 6. The predicted octanol–water partition coefficient (Wildman–Crippen LogP) is 1.58.